The summed E-state index contributed by atoms with van der Waals surface area (Å²) in [5.74, 6) is -0.177. The van der Waals surface area contributed by atoms with Crippen LogP contribution in [0.1, 0.15) is 18.1 Å². The van der Waals surface area contributed by atoms with Gasteiger partial charge in [0.05, 0.1) is 0 Å². The average molecular weight is 291 g/mol. The maximum absolute atomic E-state index is 12.0. The third-order valence-electron chi connectivity index (χ3n) is 3.94. The van der Waals surface area contributed by atoms with E-state index in [1.54, 1.807) is 0 Å². The van der Waals surface area contributed by atoms with E-state index in [1.165, 1.54) is 16.5 Å². The molecular formula is C16H19ClN2O. The van der Waals surface area contributed by atoms with E-state index < -0.39 is 0 Å². The highest BCUT2D eigenvalue weighted by atomic mass is 35.5. The number of anilines is 1. The maximum Gasteiger partial charge on any atom is 0.228 e. The van der Waals surface area contributed by atoms with Crippen molar-refractivity contribution in [3.05, 3.63) is 41.5 Å². The average Bonchev–Trinajstić information content (AvgIpc) is 2.86. The minimum atomic E-state index is -0.164. The van der Waals surface area contributed by atoms with Crippen LogP contribution in [0.5, 0.6) is 0 Å². The van der Waals surface area contributed by atoms with Gasteiger partial charge in [0.15, 0.2) is 0 Å². The molecule has 2 aromatic carbocycles. The lowest BCUT2D eigenvalue weighted by atomic mass is 10.0. The fourth-order valence-electron chi connectivity index (χ4n) is 2.72. The molecule has 0 aromatic heterocycles. The monoisotopic (exact) mass is 290 g/mol. The summed E-state index contributed by atoms with van der Waals surface area (Å²) in [6.45, 7) is 2.21. The van der Waals surface area contributed by atoms with Crippen LogP contribution in [0.25, 0.3) is 10.8 Å². The Balaban J connectivity index is 0.00000147. The van der Waals surface area contributed by atoms with Crippen LogP contribution in [0, 0.1) is 5.92 Å². The van der Waals surface area contributed by atoms with Gasteiger partial charge >= 0.3 is 0 Å². The quantitative estimate of drug-likeness (QED) is 0.913. The first-order valence-corrected chi connectivity index (χ1v) is 6.75. The highest BCUT2D eigenvalue weighted by Gasteiger charge is 2.17. The lowest BCUT2D eigenvalue weighted by Crippen LogP contribution is -2.26. The van der Waals surface area contributed by atoms with Gasteiger partial charge in [0.25, 0.3) is 0 Å². The minimum Gasteiger partial charge on any atom is -0.330 e. The van der Waals surface area contributed by atoms with E-state index in [-0.39, 0.29) is 24.2 Å². The number of rotatable bonds is 3. The number of nitrogens with two attached hydrogens (primary N) is 1. The zero-order valence-electron chi connectivity index (χ0n) is 11.5. The molecule has 106 valence electrons. The molecule has 4 heteroatoms. The van der Waals surface area contributed by atoms with Crippen molar-refractivity contribution < 1.29 is 4.79 Å². The van der Waals surface area contributed by atoms with Crippen LogP contribution in [0.4, 0.5) is 5.69 Å². The summed E-state index contributed by atoms with van der Waals surface area (Å²) >= 11 is 0. The first-order valence-electron chi connectivity index (χ1n) is 6.75. The predicted octanol–water partition coefficient (Wildman–Crippen LogP) is 2.89. The van der Waals surface area contributed by atoms with Crippen LogP contribution in [-0.2, 0) is 17.6 Å². The van der Waals surface area contributed by atoms with E-state index >= 15 is 0 Å². The molecule has 0 saturated carbocycles. The van der Waals surface area contributed by atoms with Crippen molar-refractivity contribution in [2.24, 2.45) is 11.7 Å². The predicted molar refractivity (Wildman–Crippen MR) is 85.5 cm³/mol. The molecule has 1 atom stereocenters. The number of aryl methyl sites for hydroxylation is 2. The standard InChI is InChI=1S/C16H18N2O.ClH/c1-10(9-17)16(19)18-14-8-7-12-6-5-11-3-2-4-13(14)15(11)12;/h2-4,7-8,10H,5-6,9,17H2,1H3,(H,18,19);1H. The van der Waals surface area contributed by atoms with E-state index in [2.05, 4.69) is 29.6 Å². The first kappa shape index (κ1) is 14.8. The first-order chi connectivity index (χ1) is 9.20. The second kappa shape index (κ2) is 5.81. The molecule has 1 aliphatic rings. The zero-order valence-corrected chi connectivity index (χ0v) is 12.3. The molecule has 0 heterocycles. The third kappa shape index (κ3) is 2.39. The number of amides is 1. The second-order valence-corrected chi connectivity index (χ2v) is 5.24. The summed E-state index contributed by atoms with van der Waals surface area (Å²) in [5, 5.41) is 5.46. The Bertz CT molecular complexity index is 644. The fraction of sp³-hybridized carbons (Fsp3) is 0.312. The molecule has 3 N–H and O–H groups in total. The van der Waals surface area contributed by atoms with E-state index in [0.29, 0.717) is 6.54 Å². The fourth-order valence-corrected chi connectivity index (χ4v) is 2.72. The van der Waals surface area contributed by atoms with Gasteiger partial charge in [0, 0.05) is 23.5 Å². The number of nitrogens with one attached hydrogen (secondary N) is 1. The van der Waals surface area contributed by atoms with Crippen molar-refractivity contribution in [2.75, 3.05) is 11.9 Å². The lowest BCUT2D eigenvalue weighted by Gasteiger charge is -2.13. The summed E-state index contributed by atoms with van der Waals surface area (Å²) in [6, 6.07) is 10.5. The zero-order chi connectivity index (χ0) is 13.4. The molecule has 1 unspecified atom stereocenters. The molecule has 0 aliphatic heterocycles. The van der Waals surface area contributed by atoms with Crippen molar-refractivity contribution in [3.8, 4) is 0 Å². The van der Waals surface area contributed by atoms with Gasteiger partial charge in [0.2, 0.25) is 5.91 Å². The Morgan fingerprint density at radius 3 is 2.65 bits per heavy atom. The van der Waals surface area contributed by atoms with Gasteiger partial charge in [-0.15, -0.1) is 12.4 Å². The van der Waals surface area contributed by atoms with Crippen molar-refractivity contribution in [2.45, 2.75) is 19.8 Å². The summed E-state index contributed by atoms with van der Waals surface area (Å²) in [7, 11) is 0. The Labute approximate surface area is 125 Å². The molecule has 20 heavy (non-hydrogen) atoms. The van der Waals surface area contributed by atoms with Crippen LogP contribution < -0.4 is 11.1 Å². The Hall–Kier alpha value is -1.58. The van der Waals surface area contributed by atoms with Crippen molar-refractivity contribution >= 4 is 34.8 Å². The van der Waals surface area contributed by atoms with Gasteiger partial charge in [-0.25, -0.2) is 0 Å². The molecular weight excluding hydrogens is 272 g/mol. The van der Waals surface area contributed by atoms with Gasteiger partial charge < -0.3 is 11.1 Å². The van der Waals surface area contributed by atoms with E-state index in [4.69, 9.17) is 5.73 Å². The van der Waals surface area contributed by atoms with Gasteiger partial charge in [0.1, 0.15) is 0 Å². The van der Waals surface area contributed by atoms with Crippen LogP contribution in [0.15, 0.2) is 30.3 Å². The highest BCUT2D eigenvalue weighted by molar-refractivity contribution is 6.05. The number of benzene rings is 2. The largest absolute Gasteiger partial charge is 0.330 e. The van der Waals surface area contributed by atoms with Crippen LogP contribution in [0.3, 0.4) is 0 Å². The molecule has 0 saturated heterocycles. The molecule has 0 bridgehead atoms. The Morgan fingerprint density at radius 2 is 1.95 bits per heavy atom. The van der Waals surface area contributed by atoms with Gasteiger partial charge in [-0.2, -0.15) is 0 Å². The summed E-state index contributed by atoms with van der Waals surface area (Å²) < 4.78 is 0. The Kier molecular flexibility index (Phi) is 4.31. The molecule has 0 radical (unpaired) electrons. The Morgan fingerprint density at radius 1 is 1.25 bits per heavy atom. The SMILES string of the molecule is CC(CN)C(=O)Nc1ccc2c3c(cccc13)CC2.Cl. The molecule has 3 rings (SSSR count). The van der Waals surface area contributed by atoms with Crippen molar-refractivity contribution in [1.82, 2.24) is 0 Å². The van der Waals surface area contributed by atoms with Crippen LogP contribution in [-0.4, -0.2) is 12.5 Å². The van der Waals surface area contributed by atoms with E-state index in [0.717, 1.165) is 23.9 Å². The molecule has 0 fully saturated rings. The number of hydrogen-bond donors (Lipinski definition) is 2. The number of hydrogen-bond acceptors (Lipinski definition) is 2. The molecule has 3 nitrogen and oxygen atoms in total. The summed E-state index contributed by atoms with van der Waals surface area (Å²) in [6.07, 6.45) is 2.20. The molecule has 1 amide bonds. The maximum atomic E-state index is 12.0. The number of carbonyl (C=O) groups excluding carboxylic acids is 1. The minimum absolute atomic E-state index is 0. The van der Waals surface area contributed by atoms with Gasteiger partial charge in [-0.1, -0.05) is 31.2 Å². The smallest absolute Gasteiger partial charge is 0.228 e. The van der Waals surface area contributed by atoms with E-state index in [1.807, 2.05) is 13.0 Å². The summed E-state index contributed by atoms with van der Waals surface area (Å²) in [4.78, 5) is 12.0. The normalized spacial score (nSPS) is 13.9. The second-order valence-electron chi connectivity index (χ2n) is 5.24. The molecule has 0 spiro atoms. The van der Waals surface area contributed by atoms with Gasteiger partial charge in [-0.05, 0) is 35.4 Å². The lowest BCUT2D eigenvalue weighted by molar-refractivity contribution is -0.119. The highest BCUT2D eigenvalue weighted by Crippen LogP contribution is 2.35. The van der Waals surface area contributed by atoms with Gasteiger partial charge in [-0.3, -0.25) is 4.79 Å². The van der Waals surface area contributed by atoms with Crippen molar-refractivity contribution in [3.63, 3.8) is 0 Å². The van der Waals surface area contributed by atoms with Crippen molar-refractivity contribution in [1.29, 1.82) is 0 Å². The molecule has 2 aromatic rings. The topological polar surface area (TPSA) is 55.1 Å². The number of halogens is 1. The van der Waals surface area contributed by atoms with Crippen LogP contribution in [0.2, 0.25) is 0 Å². The van der Waals surface area contributed by atoms with Crippen LogP contribution >= 0.6 is 12.4 Å². The number of carbonyl (C=O) groups is 1. The summed E-state index contributed by atoms with van der Waals surface area (Å²) in [5.41, 5.74) is 9.20. The molecule has 1 aliphatic carbocycles. The third-order valence-corrected chi connectivity index (χ3v) is 3.94. The van der Waals surface area contributed by atoms with E-state index in [9.17, 15) is 4.79 Å².